The average Bonchev–Trinajstić information content (AvgIpc) is 2.52. The normalized spacial score (nSPS) is 11.9. The molecule has 2 aromatic carbocycles. The molecule has 0 spiro atoms. The fraction of sp³-hybridized carbons (Fsp3) is 0.450. The van der Waals surface area contributed by atoms with Crippen molar-refractivity contribution in [3.63, 3.8) is 0 Å². The summed E-state index contributed by atoms with van der Waals surface area (Å²) in [5, 5.41) is 2.52. The van der Waals surface area contributed by atoms with Crippen molar-refractivity contribution in [2.75, 3.05) is 6.54 Å². The van der Waals surface area contributed by atoms with E-state index in [1.165, 1.54) is 22.5 Å². The molecule has 1 amide bonds. The molecule has 0 radical (unpaired) electrons. The molecular weight excluding hydrogens is 302 g/mol. The van der Waals surface area contributed by atoms with E-state index in [9.17, 15) is 4.79 Å². The van der Waals surface area contributed by atoms with E-state index in [1.54, 1.807) is 0 Å². The Bertz CT molecular complexity index is 678. The molecule has 0 aliphatic carbocycles. The van der Waals surface area contributed by atoms with E-state index < -0.39 is 0 Å². The highest BCUT2D eigenvalue weighted by Crippen LogP contribution is 2.30. The first-order valence-corrected chi connectivity index (χ1v) is 9.13. The predicted molar refractivity (Wildman–Crippen MR) is 101 cm³/mol. The van der Waals surface area contributed by atoms with Gasteiger partial charge in [-0.25, -0.2) is 0 Å². The zero-order valence-corrected chi connectivity index (χ0v) is 15.6. The van der Waals surface area contributed by atoms with Gasteiger partial charge in [0.25, 0.3) is 5.24 Å². The zero-order chi connectivity index (χ0) is 17.0. The molecule has 0 N–H and O–H groups in total. The summed E-state index contributed by atoms with van der Waals surface area (Å²) >= 11 is 1.34. The second kappa shape index (κ2) is 7.39. The van der Waals surface area contributed by atoms with E-state index in [-0.39, 0.29) is 10.8 Å². The Morgan fingerprint density at radius 3 is 2.39 bits per heavy atom. The molecular formula is C20H27NOS. The van der Waals surface area contributed by atoms with E-state index in [1.807, 2.05) is 23.1 Å². The molecule has 0 unspecified atom stereocenters. The Labute approximate surface area is 144 Å². The van der Waals surface area contributed by atoms with Crippen LogP contribution in [0.4, 0.5) is 4.79 Å². The summed E-state index contributed by atoms with van der Waals surface area (Å²) in [5.41, 5.74) is -0.120. The first-order chi connectivity index (χ1) is 10.8. The van der Waals surface area contributed by atoms with Gasteiger partial charge in [0.2, 0.25) is 0 Å². The van der Waals surface area contributed by atoms with Crippen molar-refractivity contribution in [2.45, 2.75) is 51.5 Å². The minimum absolute atomic E-state index is 0.120. The Kier molecular flexibility index (Phi) is 5.74. The molecule has 0 saturated carbocycles. The molecule has 0 saturated heterocycles. The molecule has 0 aliphatic heterocycles. The molecule has 2 nitrogen and oxygen atoms in total. The quantitative estimate of drug-likeness (QED) is 0.609. The number of fused-ring (bicyclic) bond motifs is 1. The maximum Gasteiger partial charge on any atom is 0.286 e. The van der Waals surface area contributed by atoms with Crippen LogP contribution in [0.25, 0.3) is 10.8 Å². The highest BCUT2D eigenvalue weighted by atomic mass is 32.2. The smallest absolute Gasteiger partial charge is 0.286 e. The molecule has 3 heteroatoms. The number of thioether (sulfide) groups is 1. The van der Waals surface area contributed by atoms with Gasteiger partial charge in [-0.05, 0) is 60.9 Å². The first-order valence-electron chi connectivity index (χ1n) is 8.31. The third-order valence-electron chi connectivity index (χ3n) is 4.29. The van der Waals surface area contributed by atoms with Crippen LogP contribution in [-0.4, -0.2) is 22.2 Å². The van der Waals surface area contributed by atoms with Crippen molar-refractivity contribution >= 4 is 27.8 Å². The van der Waals surface area contributed by atoms with Crippen LogP contribution >= 0.6 is 11.8 Å². The van der Waals surface area contributed by atoms with Gasteiger partial charge >= 0.3 is 0 Å². The maximum absolute atomic E-state index is 12.9. The topological polar surface area (TPSA) is 20.3 Å². The van der Waals surface area contributed by atoms with Gasteiger partial charge < -0.3 is 4.90 Å². The molecule has 2 rings (SSSR count). The van der Waals surface area contributed by atoms with Crippen LogP contribution in [0.1, 0.15) is 41.0 Å². The fourth-order valence-corrected chi connectivity index (χ4v) is 3.47. The van der Waals surface area contributed by atoms with Crippen LogP contribution in [0.2, 0.25) is 0 Å². The highest BCUT2D eigenvalue weighted by Gasteiger charge is 2.30. The van der Waals surface area contributed by atoms with Crippen molar-refractivity contribution in [3.8, 4) is 0 Å². The van der Waals surface area contributed by atoms with Gasteiger partial charge in [0.1, 0.15) is 0 Å². The van der Waals surface area contributed by atoms with E-state index in [2.05, 4.69) is 58.9 Å². The van der Waals surface area contributed by atoms with Gasteiger partial charge in [0.15, 0.2) is 0 Å². The van der Waals surface area contributed by atoms with Crippen molar-refractivity contribution in [2.24, 2.45) is 5.92 Å². The minimum Gasteiger partial charge on any atom is -0.328 e. The lowest BCUT2D eigenvalue weighted by Crippen LogP contribution is -2.47. The zero-order valence-electron chi connectivity index (χ0n) is 14.8. The Morgan fingerprint density at radius 2 is 1.78 bits per heavy atom. The van der Waals surface area contributed by atoms with Crippen molar-refractivity contribution in [3.05, 3.63) is 42.5 Å². The standard InChI is InChI=1S/C20H27NOS/c1-6-20(4,5)21(14-15(2)3)19(22)23-18-12-11-16-9-7-8-10-17(16)13-18/h7-13,15H,6,14H2,1-5H3. The highest BCUT2D eigenvalue weighted by molar-refractivity contribution is 8.13. The van der Waals surface area contributed by atoms with Gasteiger partial charge in [-0.1, -0.05) is 51.1 Å². The number of amides is 1. The molecule has 124 valence electrons. The number of carbonyl (C=O) groups excluding carboxylic acids is 1. The van der Waals surface area contributed by atoms with Crippen LogP contribution in [0.5, 0.6) is 0 Å². The molecule has 0 aromatic heterocycles. The van der Waals surface area contributed by atoms with E-state index >= 15 is 0 Å². The van der Waals surface area contributed by atoms with Crippen LogP contribution < -0.4 is 0 Å². The third-order valence-corrected chi connectivity index (χ3v) is 5.17. The molecule has 0 heterocycles. The molecule has 2 aromatic rings. The van der Waals surface area contributed by atoms with E-state index in [0.29, 0.717) is 5.92 Å². The number of hydrogen-bond donors (Lipinski definition) is 0. The number of rotatable bonds is 5. The summed E-state index contributed by atoms with van der Waals surface area (Å²) in [6.07, 6.45) is 0.948. The summed E-state index contributed by atoms with van der Waals surface area (Å²) in [5.74, 6) is 0.460. The summed E-state index contributed by atoms with van der Waals surface area (Å²) in [4.78, 5) is 15.9. The number of carbonyl (C=O) groups is 1. The summed E-state index contributed by atoms with van der Waals surface area (Å²) < 4.78 is 0. The second-order valence-corrected chi connectivity index (χ2v) is 8.07. The molecule has 0 atom stereocenters. The largest absolute Gasteiger partial charge is 0.328 e. The van der Waals surface area contributed by atoms with Gasteiger partial charge in [0.05, 0.1) is 0 Å². The van der Waals surface area contributed by atoms with Crippen LogP contribution in [0, 0.1) is 5.92 Å². The van der Waals surface area contributed by atoms with Crippen LogP contribution in [0.3, 0.4) is 0 Å². The number of hydrogen-bond acceptors (Lipinski definition) is 2. The minimum atomic E-state index is -0.120. The SMILES string of the molecule is CCC(C)(C)N(CC(C)C)C(=O)Sc1ccc2ccccc2c1. The van der Waals surface area contributed by atoms with Gasteiger partial charge in [-0.2, -0.15) is 0 Å². The maximum atomic E-state index is 12.9. The monoisotopic (exact) mass is 329 g/mol. The van der Waals surface area contributed by atoms with Crippen LogP contribution in [-0.2, 0) is 0 Å². The lowest BCUT2D eigenvalue weighted by molar-refractivity contribution is 0.140. The number of nitrogens with zero attached hydrogens (tertiary/aromatic N) is 1. The van der Waals surface area contributed by atoms with E-state index in [4.69, 9.17) is 0 Å². The average molecular weight is 330 g/mol. The molecule has 0 aliphatic rings. The first kappa shape index (κ1) is 17.9. The summed E-state index contributed by atoms with van der Waals surface area (Å²) in [7, 11) is 0. The lowest BCUT2D eigenvalue weighted by atomic mass is 9.98. The van der Waals surface area contributed by atoms with Gasteiger partial charge in [-0.3, -0.25) is 4.79 Å². The summed E-state index contributed by atoms with van der Waals surface area (Å²) in [6, 6.07) is 14.5. The number of benzene rings is 2. The summed E-state index contributed by atoms with van der Waals surface area (Å²) in [6.45, 7) is 11.5. The van der Waals surface area contributed by atoms with Crippen molar-refractivity contribution < 1.29 is 4.79 Å². The Hall–Kier alpha value is -1.48. The van der Waals surface area contributed by atoms with Crippen molar-refractivity contribution in [1.82, 2.24) is 4.90 Å². The molecule has 0 fully saturated rings. The van der Waals surface area contributed by atoms with Crippen molar-refractivity contribution in [1.29, 1.82) is 0 Å². The molecule has 0 bridgehead atoms. The fourth-order valence-electron chi connectivity index (χ4n) is 2.51. The van der Waals surface area contributed by atoms with Gasteiger partial charge in [0, 0.05) is 17.0 Å². The van der Waals surface area contributed by atoms with Crippen LogP contribution in [0.15, 0.2) is 47.4 Å². The second-order valence-electron chi connectivity index (χ2n) is 7.05. The Morgan fingerprint density at radius 1 is 1.13 bits per heavy atom. The predicted octanol–water partition coefficient (Wildman–Crippen LogP) is 6.20. The van der Waals surface area contributed by atoms with E-state index in [0.717, 1.165) is 17.9 Å². The van der Waals surface area contributed by atoms with Gasteiger partial charge in [-0.15, -0.1) is 0 Å². The third kappa shape index (κ3) is 4.51. The lowest BCUT2D eigenvalue weighted by Gasteiger charge is -2.39. The Balaban J connectivity index is 2.22. The molecule has 23 heavy (non-hydrogen) atoms.